The van der Waals surface area contributed by atoms with Crippen molar-refractivity contribution in [2.45, 2.75) is 44.7 Å². The van der Waals surface area contributed by atoms with Gasteiger partial charge in [-0.15, -0.1) is 0 Å². The number of piperidine rings is 1. The van der Waals surface area contributed by atoms with E-state index in [1.165, 1.54) is 6.20 Å². The van der Waals surface area contributed by atoms with Crippen molar-refractivity contribution < 1.29 is 27.8 Å². The molecule has 0 spiro atoms. The van der Waals surface area contributed by atoms with Crippen LogP contribution in [0.5, 0.6) is 5.75 Å². The van der Waals surface area contributed by atoms with Crippen molar-refractivity contribution in [2.24, 2.45) is 17.8 Å². The Morgan fingerprint density at radius 1 is 1.18 bits per heavy atom. The number of alkyl halides is 3. The van der Waals surface area contributed by atoms with E-state index >= 15 is 0 Å². The normalized spacial score (nSPS) is 19.2. The van der Waals surface area contributed by atoms with Crippen LogP contribution >= 0.6 is 0 Å². The molecule has 1 N–H and O–H groups in total. The number of ether oxygens (including phenoxy) is 1. The van der Waals surface area contributed by atoms with Gasteiger partial charge in [0.15, 0.2) is 0 Å². The summed E-state index contributed by atoms with van der Waals surface area (Å²) in [5.41, 5.74) is 0.329. The minimum atomic E-state index is -4.38. The van der Waals surface area contributed by atoms with Gasteiger partial charge in [0.2, 0.25) is 0 Å². The fourth-order valence-corrected chi connectivity index (χ4v) is 4.70. The number of carbonyl (C=O) groups is 1. The Hall–Kier alpha value is -2.77. The number of benzene rings is 1. The van der Waals surface area contributed by atoms with Gasteiger partial charge in [-0.25, -0.2) is 4.98 Å². The second-order valence-corrected chi connectivity index (χ2v) is 9.20. The third-order valence-corrected chi connectivity index (χ3v) is 6.80. The van der Waals surface area contributed by atoms with Crippen molar-refractivity contribution in [3.63, 3.8) is 0 Å². The highest BCUT2D eigenvalue weighted by molar-refractivity contribution is 5.71. The average Bonchev–Trinajstić information content (AvgIpc) is 3.63. The first-order valence-electron chi connectivity index (χ1n) is 11.5. The Balaban J connectivity index is 1.32. The molecule has 5 nitrogen and oxygen atoms in total. The van der Waals surface area contributed by atoms with E-state index in [4.69, 9.17) is 4.74 Å². The van der Waals surface area contributed by atoms with Crippen LogP contribution in [0, 0.1) is 17.8 Å². The number of rotatable bonds is 8. The van der Waals surface area contributed by atoms with Crippen LogP contribution in [0.2, 0.25) is 0 Å². The van der Waals surface area contributed by atoms with Crippen LogP contribution in [0.1, 0.15) is 49.7 Å². The Kier molecular flexibility index (Phi) is 6.81. The molecule has 2 atom stereocenters. The monoisotopic (exact) mass is 462 g/mol. The van der Waals surface area contributed by atoms with Gasteiger partial charge in [0.1, 0.15) is 11.6 Å². The van der Waals surface area contributed by atoms with Crippen LogP contribution in [-0.2, 0) is 11.0 Å². The van der Waals surface area contributed by atoms with E-state index in [1.54, 1.807) is 6.92 Å². The summed E-state index contributed by atoms with van der Waals surface area (Å²) >= 11 is 0. The van der Waals surface area contributed by atoms with Crippen molar-refractivity contribution in [1.29, 1.82) is 0 Å². The van der Waals surface area contributed by atoms with Gasteiger partial charge in [-0.3, -0.25) is 4.79 Å². The smallest absolute Gasteiger partial charge is 0.416 e. The third kappa shape index (κ3) is 5.78. The van der Waals surface area contributed by atoms with Crippen molar-refractivity contribution in [3.05, 3.63) is 53.7 Å². The largest absolute Gasteiger partial charge is 0.493 e. The molecule has 1 aromatic carbocycles. The van der Waals surface area contributed by atoms with Crippen molar-refractivity contribution in [2.75, 3.05) is 24.6 Å². The lowest BCUT2D eigenvalue weighted by molar-refractivity contribution is -0.142. The number of aliphatic carboxylic acids is 1. The van der Waals surface area contributed by atoms with Crippen LogP contribution < -0.4 is 9.64 Å². The highest BCUT2D eigenvalue weighted by atomic mass is 19.4. The van der Waals surface area contributed by atoms with Crippen LogP contribution in [0.25, 0.3) is 0 Å². The lowest BCUT2D eigenvalue weighted by Gasteiger charge is -2.33. The molecule has 0 unspecified atom stereocenters. The van der Waals surface area contributed by atoms with Crippen LogP contribution in [0.3, 0.4) is 0 Å². The lowest BCUT2D eigenvalue weighted by atomic mass is 9.83. The zero-order valence-corrected chi connectivity index (χ0v) is 18.6. The number of pyridine rings is 1. The maximum absolute atomic E-state index is 13.0. The van der Waals surface area contributed by atoms with E-state index < -0.39 is 23.6 Å². The number of carboxylic acids is 1. The summed E-state index contributed by atoms with van der Waals surface area (Å²) in [6.45, 7) is 3.55. The summed E-state index contributed by atoms with van der Waals surface area (Å²) in [4.78, 5) is 17.6. The molecule has 1 saturated carbocycles. The van der Waals surface area contributed by atoms with E-state index in [-0.39, 0.29) is 5.92 Å². The van der Waals surface area contributed by atoms with Gasteiger partial charge in [-0.05, 0) is 73.3 Å². The molecule has 2 heterocycles. The third-order valence-electron chi connectivity index (χ3n) is 6.80. The molecular weight excluding hydrogens is 433 g/mol. The maximum Gasteiger partial charge on any atom is 0.416 e. The number of halogens is 3. The summed E-state index contributed by atoms with van der Waals surface area (Å²) in [6, 6.07) is 9.84. The number of nitrogens with zero attached hydrogens (tertiary/aromatic N) is 2. The summed E-state index contributed by atoms with van der Waals surface area (Å²) < 4.78 is 45.0. The molecule has 33 heavy (non-hydrogen) atoms. The summed E-state index contributed by atoms with van der Waals surface area (Å²) in [5.74, 6) is 0.581. The quantitative estimate of drug-likeness (QED) is 0.553. The van der Waals surface area contributed by atoms with E-state index in [9.17, 15) is 23.1 Å². The molecule has 2 aliphatic rings. The van der Waals surface area contributed by atoms with Gasteiger partial charge >= 0.3 is 12.1 Å². The van der Waals surface area contributed by atoms with Gasteiger partial charge in [0, 0.05) is 19.3 Å². The Labute approximate surface area is 191 Å². The molecule has 8 heteroatoms. The first-order valence-corrected chi connectivity index (χ1v) is 11.5. The second kappa shape index (κ2) is 9.61. The van der Waals surface area contributed by atoms with Gasteiger partial charge in [-0.2, -0.15) is 13.2 Å². The average molecular weight is 463 g/mol. The topological polar surface area (TPSA) is 62.7 Å². The predicted octanol–water partition coefficient (Wildman–Crippen LogP) is 5.61. The van der Waals surface area contributed by atoms with Crippen molar-refractivity contribution in [1.82, 2.24) is 4.98 Å². The van der Waals surface area contributed by atoms with Crippen LogP contribution in [0.15, 0.2) is 42.6 Å². The zero-order valence-electron chi connectivity index (χ0n) is 18.6. The van der Waals surface area contributed by atoms with E-state index in [2.05, 4.69) is 4.98 Å². The molecule has 1 aromatic heterocycles. The molecule has 0 radical (unpaired) electrons. The minimum absolute atomic E-state index is 0.00532. The highest BCUT2D eigenvalue weighted by Crippen LogP contribution is 2.47. The number of carboxylic acid groups (broad SMARTS) is 1. The van der Waals surface area contributed by atoms with Crippen molar-refractivity contribution >= 4 is 11.8 Å². The molecule has 178 valence electrons. The summed E-state index contributed by atoms with van der Waals surface area (Å²) in [7, 11) is 0. The first kappa shape index (κ1) is 23.4. The Morgan fingerprint density at radius 2 is 1.91 bits per heavy atom. The predicted molar refractivity (Wildman–Crippen MR) is 118 cm³/mol. The fourth-order valence-electron chi connectivity index (χ4n) is 4.70. The zero-order chi connectivity index (χ0) is 23.6. The minimum Gasteiger partial charge on any atom is -0.493 e. The molecule has 1 aliphatic heterocycles. The first-order chi connectivity index (χ1) is 15.7. The number of aromatic nitrogens is 1. The van der Waals surface area contributed by atoms with Gasteiger partial charge in [0.05, 0.1) is 18.1 Å². The molecular formula is C25H29F3N2O3. The fraction of sp³-hybridized carbons (Fsp3) is 0.520. The Morgan fingerprint density at radius 3 is 2.55 bits per heavy atom. The molecule has 0 bridgehead atoms. The molecule has 0 amide bonds. The molecule has 2 fully saturated rings. The van der Waals surface area contributed by atoms with Crippen LogP contribution in [0.4, 0.5) is 19.0 Å². The van der Waals surface area contributed by atoms with E-state index in [0.717, 1.165) is 49.1 Å². The van der Waals surface area contributed by atoms with Gasteiger partial charge < -0.3 is 14.7 Å². The second-order valence-electron chi connectivity index (χ2n) is 9.20. The highest BCUT2D eigenvalue weighted by Gasteiger charge is 2.38. The number of hydrogen-bond donors (Lipinski definition) is 1. The number of anilines is 1. The van der Waals surface area contributed by atoms with E-state index in [1.807, 2.05) is 29.2 Å². The maximum atomic E-state index is 13.0. The summed E-state index contributed by atoms with van der Waals surface area (Å²) in [5, 5.41) is 9.50. The van der Waals surface area contributed by atoms with E-state index in [0.29, 0.717) is 37.4 Å². The summed E-state index contributed by atoms with van der Waals surface area (Å²) in [6.07, 6.45) is 0.565. The lowest BCUT2D eigenvalue weighted by Crippen LogP contribution is -2.36. The molecule has 2 aromatic rings. The molecule has 1 aliphatic carbocycles. The van der Waals surface area contributed by atoms with Crippen LogP contribution in [-0.4, -0.2) is 35.8 Å². The SMILES string of the molecule is C[C@H](C(=O)O)[C@H](c1cccc(OCC2CCN(c3cc(C(F)(F)F)ccn3)CC2)c1)C1CC1. The molecule has 4 rings (SSSR count). The number of hydrogen-bond acceptors (Lipinski definition) is 4. The van der Waals surface area contributed by atoms with Crippen molar-refractivity contribution in [3.8, 4) is 5.75 Å². The Bertz CT molecular complexity index is 969. The standard InChI is InChI=1S/C25H29F3N2O3/c1-16(24(31)32)23(18-5-6-18)19-3-2-4-21(13-19)33-15-17-8-11-30(12-9-17)22-14-20(7-10-29-22)25(26,27)28/h2-4,7,10,13-14,16-18,23H,5-6,8-9,11-12,15H2,1H3,(H,31,32)/t16-,23-/m0/s1. The molecule has 1 saturated heterocycles. The van der Waals surface area contributed by atoms with Gasteiger partial charge in [-0.1, -0.05) is 19.1 Å². The van der Waals surface area contributed by atoms with Gasteiger partial charge in [0.25, 0.3) is 0 Å².